The van der Waals surface area contributed by atoms with Gasteiger partial charge in [-0.2, -0.15) is 10.2 Å². The van der Waals surface area contributed by atoms with Gasteiger partial charge in [0.25, 0.3) is 0 Å². The largest absolute Gasteiger partial charge is 0.481 e. The van der Waals surface area contributed by atoms with Crippen molar-refractivity contribution >= 4 is 23.6 Å². The van der Waals surface area contributed by atoms with Crippen LogP contribution >= 0.6 is 0 Å². The minimum absolute atomic E-state index is 0. The summed E-state index contributed by atoms with van der Waals surface area (Å²) in [6.45, 7) is 6.80. The molecule has 144 valence electrons. The average Bonchev–Trinajstić information content (AvgIpc) is 2.44. The Hall–Kier alpha value is -2.56. The van der Waals surface area contributed by atoms with E-state index >= 15 is 0 Å². The number of rotatable bonds is 10. The monoisotopic (exact) mass is 360 g/mol. The number of hydrogen-bond donors (Lipinski definition) is 6. The predicted octanol–water partition coefficient (Wildman–Crippen LogP) is 0.254. The first-order valence-corrected chi connectivity index (χ1v) is 7.42. The van der Waals surface area contributed by atoms with E-state index in [2.05, 4.69) is 20.9 Å². The molecule has 0 saturated carbocycles. The molecule has 0 rings (SSSR count). The van der Waals surface area contributed by atoms with Crippen molar-refractivity contribution in [1.82, 2.24) is 10.6 Å². The summed E-state index contributed by atoms with van der Waals surface area (Å²) in [5, 5.41) is 46.5. The average molecular weight is 360 g/mol. The first-order chi connectivity index (χ1) is 10.9. The van der Waals surface area contributed by atoms with E-state index in [1.165, 1.54) is 0 Å². The molecule has 25 heavy (non-hydrogen) atoms. The molecule has 11 heteroatoms. The van der Waals surface area contributed by atoms with Crippen LogP contribution < -0.4 is 10.6 Å². The highest BCUT2D eigenvalue weighted by Gasteiger charge is 2.28. The number of hydrogen-bond acceptors (Lipinski definition) is 6. The van der Waals surface area contributed by atoms with Crippen LogP contribution in [0.15, 0.2) is 10.2 Å². The zero-order valence-electron chi connectivity index (χ0n) is 14.9. The Balaban J connectivity index is 0. The highest BCUT2D eigenvalue weighted by molar-refractivity contribution is 5.89. The van der Waals surface area contributed by atoms with E-state index in [0.717, 1.165) is 0 Å². The third kappa shape index (κ3) is 10.0. The summed E-state index contributed by atoms with van der Waals surface area (Å²) in [7, 11) is 0. The van der Waals surface area contributed by atoms with Crippen LogP contribution in [0.2, 0.25) is 0 Å². The summed E-state index contributed by atoms with van der Waals surface area (Å²) in [5.74, 6) is -1.88. The molecular formula is C14H28N6O5. The SMILES string of the molecule is CC(C)(/N=N/C(C)(C)C(=N)NCCC(=O)O)C(=N)NCCC(=O)O.O. The fraction of sp³-hybridized carbons (Fsp3) is 0.714. The molecule has 11 nitrogen and oxygen atoms in total. The molecule has 0 amide bonds. The summed E-state index contributed by atoms with van der Waals surface area (Å²) >= 11 is 0. The Morgan fingerprint density at radius 3 is 1.36 bits per heavy atom. The molecule has 0 aliphatic carbocycles. The molecule has 0 saturated heterocycles. The van der Waals surface area contributed by atoms with Crippen molar-refractivity contribution in [3.8, 4) is 0 Å². The molecule has 0 aliphatic heterocycles. The van der Waals surface area contributed by atoms with E-state index in [0.29, 0.717) is 0 Å². The molecule has 0 bridgehead atoms. The van der Waals surface area contributed by atoms with Gasteiger partial charge < -0.3 is 26.3 Å². The Morgan fingerprint density at radius 1 is 0.840 bits per heavy atom. The standard InChI is InChI=1S/C14H26N6O4.H2O/c1-13(2,11(15)17-7-5-9(21)22)19-20-14(3,4)12(16)18-8-6-10(23)24;/h5-8H2,1-4H3,(H2,15,17)(H2,16,18)(H,21,22)(H,23,24);1H2/b20-19+;. The van der Waals surface area contributed by atoms with E-state index in [1.54, 1.807) is 27.7 Å². The van der Waals surface area contributed by atoms with Crippen molar-refractivity contribution in [1.29, 1.82) is 10.8 Å². The van der Waals surface area contributed by atoms with Crippen LogP contribution in [0.1, 0.15) is 40.5 Å². The summed E-state index contributed by atoms with van der Waals surface area (Å²) in [6.07, 6.45) is -0.224. The van der Waals surface area contributed by atoms with Crippen LogP contribution in [0.25, 0.3) is 0 Å². The second kappa shape index (κ2) is 10.3. The Bertz CT molecular complexity index is 484. The second-order valence-electron chi connectivity index (χ2n) is 6.21. The van der Waals surface area contributed by atoms with Crippen molar-refractivity contribution in [3.05, 3.63) is 0 Å². The Kier molecular flexibility index (Phi) is 10.2. The lowest BCUT2D eigenvalue weighted by Crippen LogP contribution is -2.43. The van der Waals surface area contributed by atoms with Crippen LogP contribution in [0.5, 0.6) is 0 Å². The van der Waals surface area contributed by atoms with E-state index in [9.17, 15) is 9.59 Å². The van der Waals surface area contributed by atoms with Gasteiger partial charge in [0, 0.05) is 13.1 Å². The second-order valence-corrected chi connectivity index (χ2v) is 6.21. The molecule has 0 fully saturated rings. The van der Waals surface area contributed by atoms with Crippen LogP contribution in [0, 0.1) is 10.8 Å². The van der Waals surface area contributed by atoms with E-state index < -0.39 is 23.0 Å². The van der Waals surface area contributed by atoms with Crippen LogP contribution in [-0.2, 0) is 9.59 Å². The quantitative estimate of drug-likeness (QED) is 0.183. The van der Waals surface area contributed by atoms with Gasteiger partial charge in [0.1, 0.15) is 22.7 Å². The van der Waals surface area contributed by atoms with Crippen molar-refractivity contribution in [2.45, 2.75) is 51.6 Å². The fourth-order valence-electron chi connectivity index (χ4n) is 1.37. The summed E-state index contributed by atoms with van der Waals surface area (Å²) in [6, 6.07) is 0. The normalized spacial score (nSPS) is 11.5. The van der Waals surface area contributed by atoms with Gasteiger partial charge in [0.15, 0.2) is 0 Å². The Morgan fingerprint density at radius 2 is 1.12 bits per heavy atom. The van der Waals surface area contributed by atoms with E-state index in [4.69, 9.17) is 21.0 Å². The van der Waals surface area contributed by atoms with Gasteiger partial charge >= 0.3 is 11.9 Å². The first-order valence-electron chi connectivity index (χ1n) is 7.42. The number of azo groups is 1. The van der Waals surface area contributed by atoms with E-state index in [1.807, 2.05) is 0 Å². The van der Waals surface area contributed by atoms with Gasteiger partial charge in [-0.1, -0.05) is 0 Å². The number of carboxylic acid groups (broad SMARTS) is 2. The molecule has 0 aromatic rings. The van der Waals surface area contributed by atoms with Crippen LogP contribution in [0.4, 0.5) is 0 Å². The number of aliphatic carboxylic acids is 2. The summed E-state index contributed by atoms with van der Waals surface area (Å²) in [5.41, 5.74) is -2.01. The highest BCUT2D eigenvalue weighted by Crippen LogP contribution is 2.16. The number of nitrogens with one attached hydrogen (secondary N) is 4. The molecule has 0 aromatic carbocycles. The van der Waals surface area contributed by atoms with Gasteiger partial charge in [-0.05, 0) is 27.7 Å². The molecule has 8 N–H and O–H groups in total. The maximum atomic E-state index is 10.5. The summed E-state index contributed by atoms with van der Waals surface area (Å²) in [4.78, 5) is 20.9. The van der Waals surface area contributed by atoms with Gasteiger partial charge in [0.05, 0.1) is 12.8 Å². The number of carbonyl (C=O) groups is 2. The van der Waals surface area contributed by atoms with Gasteiger partial charge in [0.2, 0.25) is 0 Å². The molecule has 0 aliphatic rings. The topological polar surface area (TPSA) is 203 Å². The molecular weight excluding hydrogens is 332 g/mol. The maximum absolute atomic E-state index is 10.5. The molecule has 0 radical (unpaired) electrons. The molecule has 0 heterocycles. The van der Waals surface area contributed by atoms with Gasteiger partial charge in [-0.25, -0.2) is 0 Å². The van der Waals surface area contributed by atoms with Crippen molar-refractivity contribution in [2.75, 3.05) is 13.1 Å². The lowest BCUT2D eigenvalue weighted by Gasteiger charge is -2.25. The van der Waals surface area contributed by atoms with Gasteiger partial charge in [-0.15, -0.1) is 0 Å². The summed E-state index contributed by atoms with van der Waals surface area (Å²) < 4.78 is 0. The van der Waals surface area contributed by atoms with Crippen molar-refractivity contribution in [3.63, 3.8) is 0 Å². The van der Waals surface area contributed by atoms with E-state index in [-0.39, 0.29) is 43.1 Å². The fourth-order valence-corrected chi connectivity index (χ4v) is 1.37. The zero-order chi connectivity index (χ0) is 19.0. The first kappa shape index (κ1) is 24.7. The molecule has 0 unspecified atom stereocenters. The van der Waals surface area contributed by atoms with Crippen molar-refractivity contribution in [2.24, 2.45) is 10.2 Å². The lowest BCUT2D eigenvalue weighted by molar-refractivity contribution is -0.137. The molecule has 0 atom stereocenters. The van der Waals surface area contributed by atoms with Crippen molar-refractivity contribution < 1.29 is 25.3 Å². The lowest BCUT2D eigenvalue weighted by atomic mass is 10.0. The molecule has 0 aromatic heterocycles. The van der Waals surface area contributed by atoms with Crippen LogP contribution in [-0.4, -0.2) is 63.5 Å². The van der Waals surface area contributed by atoms with Gasteiger partial charge in [-0.3, -0.25) is 20.4 Å². The number of amidine groups is 2. The minimum Gasteiger partial charge on any atom is -0.481 e. The predicted molar refractivity (Wildman–Crippen MR) is 92.6 cm³/mol. The highest BCUT2D eigenvalue weighted by atomic mass is 16.4. The third-order valence-electron chi connectivity index (χ3n) is 3.05. The maximum Gasteiger partial charge on any atom is 0.305 e. The number of nitrogens with zero attached hydrogens (tertiary/aromatic N) is 2. The number of carboxylic acids is 2. The zero-order valence-corrected chi connectivity index (χ0v) is 14.9. The molecule has 0 spiro atoms. The third-order valence-corrected chi connectivity index (χ3v) is 3.05. The Labute approximate surface area is 146 Å². The minimum atomic E-state index is -1.00. The smallest absolute Gasteiger partial charge is 0.305 e. The van der Waals surface area contributed by atoms with Crippen LogP contribution in [0.3, 0.4) is 0 Å².